The highest BCUT2D eigenvalue weighted by molar-refractivity contribution is 6.33. The van der Waals surface area contributed by atoms with Gasteiger partial charge in [-0.25, -0.2) is 4.79 Å². The van der Waals surface area contributed by atoms with Gasteiger partial charge >= 0.3 is 6.03 Å². The van der Waals surface area contributed by atoms with E-state index in [-0.39, 0.29) is 11.9 Å². The summed E-state index contributed by atoms with van der Waals surface area (Å²) < 4.78 is 5.30. The number of nitrogens with one attached hydrogen (secondary N) is 3. The SMILES string of the molecule is CCCNC(=O)c1ccc(Cl)c(NC(=O)NCC2CCOCC2)c1. The van der Waals surface area contributed by atoms with Gasteiger partial charge in [0.1, 0.15) is 0 Å². The van der Waals surface area contributed by atoms with Crippen LogP contribution in [0.3, 0.4) is 0 Å². The van der Waals surface area contributed by atoms with E-state index in [4.69, 9.17) is 16.3 Å². The zero-order chi connectivity index (χ0) is 17.4. The van der Waals surface area contributed by atoms with E-state index < -0.39 is 0 Å². The topological polar surface area (TPSA) is 79.5 Å². The van der Waals surface area contributed by atoms with Crippen LogP contribution in [0.25, 0.3) is 0 Å². The predicted octanol–water partition coefficient (Wildman–Crippen LogP) is 3.03. The molecule has 2 rings (SSSR count). The lowest BCUT2D eigenvalue weighted by atomic mass is 10.0. The molecule has 6 nitrogen and oxygen atoms in total. The van der Waals surface area contributed by atoms with Gasteiger partial charge in [0.25, 0.3) is 5.91 Å². The Morgan fingerprint density at radius 3 is 2.71 bits per heavy atom. The number of ether oxygens (including phenoxy) is 1. The van der Waals surface area contributed by atoms with Crippen LogP contribution < -0.4 is 16.0 Å². The minimum absolute atomic E-state index is 0.181. The molecule has 24 heavy (non-hydrogen) atoms. The molecule has 3 N–H and O–H groups in total. The summed E-state index contributed by atoms with van der Waals surface area (Å²) in [6.45, 7) is 4.68. The summed E-state index contributed by atoms with van der Waals surface area (Å²) in [5.41, 5.74) is 0.887. The van der Waals surface area contributed by atoms with E-state index in [2.05, 4.69) is 16.0 Å². The van der Waals surface area contributed by atoms with Crippen LogP contribution in [0.4, 0.5) is 10.5 Å². The molecule has 0 unspecified atom stereocenters. The zero-order valence-electron chi connectivity index (χ0n) is 13.9. The summed E-state index contributed by atoms with van der Waals surface area (Å²) in [5, 5.41) is 8.74. The standard InChI is InChI=1S/C17H24ClN3O3/c1-2-7-19-16(22)13-3-4-14(18)15(10-13)21-17(23)20-11-12-5-8-24-9-6-12/h3-4,10,12H,2,5-9,11H2,1H3,(H,19,22)(H2,20,21,23). The molecule has 132 valence electrons. The maximum atomic E-state index is 12.0. The number of carbonyl (C=O) groups excluding carboxylic acids is 2. The maximum absolute atomic E-state index is 12.0. The van der Waals surface area contributed by atoms with E-state index in [0.29, 0.717) is 35.3 Å². The molecule has 1 heterocycles. The summed E-state index contributed by atoms with van der Waals surface area (Å²) in [7, 11) is 0. The third kappa shape index (κ3) is 5.69. The molecule has 0 aromatic heterocycles. The average molecular weight is 354 g/mol. The molecule has 7 heteroatoms. The minimum Gasteiger partial charge on any atom is -0.381 e. The summed E-state index contributed by atoms with van der Waals surface area (Å²) in [6.07, 6.45) is 2.77. The van der Waals surface area contributed by atoms with Crippen LogP contribution in [0.5, 0.6) is 0 Å². The molecule has 0 atom stereocenters. The number of anilines is 1. The fraction of sp³-hybridized carbons (Fsp3) is 0.529. The van der Waals surface area contributed by atoms with Crippen LogP contribution in [0.1, 0.15) is 36.5 Å². The first-order valence-corrected chi connectivity index (χ1v) is 8.68. The Morgan fingerprint density at radius 1 is 1.25 bits per heavy atom. The Labute approximate surface area is 147 Å². The molecule has 0 aliphatic carbocycles. The zero-order valence-corrected chi connectivity index (χ0v) is 14.6. The van der Waals surface area contributed by atoms with Crippen LogP contribution in [0, 0.1) is 5.92 Å². The molecule has 0 saturated carbocycles. The number of urea groups is 1. The van der Waals surface area contributed by atoms with Gasteiger partial charge in [-0.3, -0.25) is 4.79 Å². The minimum atomic E-state index is -0.325. The van der Waals surface area contributed by atoms with Gasteiger partial charge in [-0.1, -0.05) is 18.5 Å². The first-order valence-electron chi connectivity index (χ1n) is 8.30. The molecule has 3 amide bonds. The highest BCUT2D eigenvalue weighted by atomic mass is 35.5. The molecule has 0 radical (unpaired) electrons. The number of benzene rings is 1. The third-order valence-corrected chi connectivity index (χ3v) is 4.23. The monoisotopic (exact) mass is 353 g/mol. The van der Waals surface area contributed by atoms with Crippen molar-refractivity contribution in [2.45, 2.75) is 26.2 Å². The van der Waals surface area contributed by atoms with E-state index in [1.54, 1.807) is 18.2 Å². The summed E-state index contributed by atoms with van der Waals surface area (Å²) >= 11 is 6.11. The summed E-state index contributed by atoms with van der Waals surface area (Å²) in [6, 6.07) is 4.51. The van der Waals surface area contributed by atoms with Gasteiger partial charge in [0.15, 0.2) is 0 Å². The van der Waals surface area contributed by atoms with E-state index in [0.717, 1.165) is 32.5 Å². The van der Waals surface area contributed by atoms with Crippen LogP contribution in [-0.4, -0.2) is 38.2 Å². The van der Waals surface area contributed by atoms with Crippen LogP contribution in [0.2, 0.25) is 5.02 Å². The first-order chi connectivity index (χ1) is 11.6. The Kier molecular flexibility index (Phi) is 7.34. The molecule has 1 fully saturated rings. The first kappa shape index (κ1) is 18.5. The smallest absolute Gasteiger partial charge is 0.319 e. The number of hydrogen-bond donors (Lipinski definition) is 3. The van der Waals surface area contributed by atoms with Gasteiger partial charge in [0.05, 0.1) is 10.7 Å². The van der Waals surface area contributed by atoms with E-state index >= 15 is 0 Å². The lowest BCUT2D eigenvalue weighted by Crippen LogP contribution is -2.35. The van der Waals surface area contributed by atoms with Crippen molar-refractivity contribution in [3.05, 3.63) is 28.8 Å². The Morgan fingerprint density at radius 2 is 2.00 bits per heavy atom. The second-order valence-electron chi connectivity index (χ2n) is 5.84. The van der Waals surface area contributed by atoms with Crippen molar-refractivity contribution in [2.24, 2.45) is 5.92 Å². The second-order valence-corrected chi connectivity index (χ2v) is 6.25. The predicted molar refractivity (Wildman–Crippen MR) is 94.6 cm³/mol. The van der Waals surface area contributed by atoms with Gasteiger partial charge in [0, 0.05) is 31.9 Å². The Hall–Kier alpha value is -1.79. The molecule has 1 saturated heterocycles. The van der Waals surface area contributed by atoms with Crippen LogP contribution >= 0.6 is 11.6 Å². The van der Waals surface area contributed by atoms with Gasteiger partial charge in [-0.05, 0) is 43.4 Å². The fourth-order valence-corrected chi connectivity index (χ4v) is 2.62. The molecular formula is C17H24ClN3O3. The summed E-state index contributed by atoms with van der Waals surface area (Å²) in [5.74, 6) is 0.255. The van der Waals surface area contributed by atoms with Crippen molar-refractivity contribution in [3.63, 3.8) is 0 Å². The lowest BCUT2D eigenvalue weighted by molar-refractivity contribution is 0.0671. The van der Waals surface area contributed by atoms with Gasteiger partial charge in [-0.15, -0.1) is 0 Å². The van der Waals surface area contributed by atoms with Gasteiger partial charge < -0.3 is 20.7 Å². The average Bonchev–Trinajstić information content (AvgIpc) is 2.60. The van der Waals surface area contributed by atoms with Crippen molar-refractivity contribution < 1.29 is 14.3 Å². The van der Waals surface area contributed by atoms with Crippen LogP contribution in [-0.2, 0) is 4.74 Å². The molecule has 1 aromatic rings. The number of hydrogen-bond acceptors (Lipinski definition) is 3. The summed E-state index contributed by atoms with van der Waals surface area (Å²) in [4.78, 5) is 24.0. The Balaban J connectivity index is 1.90. The maximum Gasteiger partial charge on any atom is 0.319 e. The lowest BCUT2D eigenvalue weighted by Gasteiger charge is -2.22. The quantitative estimate of drug-likeness (QED) is 0.735. The van der Waals surface area contributed by atoms with E-state index in [1.165, 1.54) is 0 Å². The largest absolute Gasteiger partial charge is 0.381 e. The number of halogens is 1. The highest BCUT2D eigenvalue weighted by Gasteiger charge is 2.15. The molecule has 1 aliphatic rings. The Bertz CT molecular complexity index is 574. The molecule has 0 bridgehead atoms. The molecule has 1 aromatic carbocycles. The normalized spacial score (nSPS) is 14.9. The second kappa shape index (κ2) is 9.49. The number of amides is 3. The third-order valence-electron chi connectivity index (χ3n) is 3.90. The van der Waals surface area contributed by atoms with Crippen LogP contribution in [0.15, 0.2) is 18.2 Å². The number of rotatable bonds is 6. The number of carbonyl (C=O) groups is 2. The van der Waals surface area contributed by atoms with Crippen molar-refractivity contribution in [3.8, 4) is 0 Å². The molecule has 1 aliphatic heterocycles. The van der Waals surface area contributed by atoms with Crippen molar-refractivity contribution in [2.75, 3.05) is 31.6 Å². The van der Waals surface area contributed by atoms with Crippen molar-refractivity contribution >= 4 is 29.2 Å². The van der Waals surface area contributed by atoms with Crippen molar-refractivity contribution in [1.82, 2.24) is 10.6 Å². The van der Waals surface area contributed by atoms with Gasteiger partial charge in [-0.2, -0.15) is 0 Å². The van der Waals surface area contributed by atoms with Crippen molar-refractivity contribution in [1.29, 1.82) is 0 Å². The van der Waals surface area contributed by atoms with Gasteiger partial charge in [0.2, 0.25) is 0 Å². The van der Waals surface area contributed by atoms with E-state index in [1.807, 2.05) is 6.92 Å². The molecule has 0 spiro atoms. The molecular weight excluding hydrogens is 330 g/mol. The van der Waals surface area contributed by atoms with E-state index in [9.17, 15) is 9.59 Å². The fourth-order valence-electron chi connectivity index (χ4n) is 2.46. The highest BCUT2D eigenvalue weighted by Crippen LogP contribution is 2.23.